The van der Waals surface area contributed by atoms with E-state index in [-0.39, 0.29) is 18.2 Å². The molecule has 0 atom stereocenters. The molecule has 4 N–H and O–H groups in total. The fourth-order valence-electron chi connectivity index (χ4n) is 4.37. The number of carbonyl (C=O) groups excluding carboxylic acids is 1. The Morgan fingerprint density at radius 3 is 2.50 bits per heavy atom. The number of hydrogen-bond donors (Lipinski definition) is 3. The average Bonchev–Trinajstić information content (AvgIpc) is 3.32. The van der Waals surface area contributed by atoms with Crippen LogP contribution < -0.4 is 21.1 Å². The van der Waals surface area contributed by atoms with Crippen molar-refractivity contribution in [2.24, 2.45) is 0 Å². The average molecular weight is 533 g/mol. The molecule has 13 heteroatoms. The maximum atomic E-state index is 12.3. The van der Waals surface area contributed by atoms with Gasteiger partial charge < -0.3 is 26.0 Å². The Morgan fingerprint density at radius 1 is 1.16 bits per heavy atom. The molecule has 1 fully saturated rings. The SMILES string of the molecule is Cc1cc(-c2cnc(N)c(Oc3cnn(C4CCN(C)CC4)c3)n2)cc(C)c1CNC(=O)NCC(F)(F)F. The number of nitrogens with two attached hydrogens (primary N) is 1. The van der Waals surface area contributed by atoms with Crippen molar-refractivity contribution in [1.29, 1.82) is 0 Å². The van der Waals surface area contributed by atoms with Crippen LogP contribution in [0.1, 0.15) is 35.6 Å². The number of urea groups is 1. The topological polar surface area (TPSA) is 123 Å². The van der Waals surface area contributed by atoms with Gasteiger partial charge in [0.1, 0.15) is 6.54 Å². The van der Waals surface area contributed by atoms with Gasteiger partial charge in [0.2, 0.25) is 0 Å². The van der Waals surface area contributed by atoms with Gasteiger partial charge in [0.05, 0.1) is 30.3 Å². The third kappa shape index (κ3) is 6.91. The van der Waals surface area contributed by atoms with Crippen molar-refractivity contribution in [3.8, 4) is 22.9 Å². The second-order valence-electron chi connectivity index (χ2n) is 9.48. The zero-order valence-corrected chi connectivity index (χ0v) is 21.5. The Hall–Kier alpha value is -3.87. The molecule has 0 aliphatic carbocycles. The molecule has 2 aromatic heterocycles. The van der Waals surface area contributed by atoms with Crippen LogP contribution in [0.5, 0.6) is 11.6 Å². The van der Waals surface area contributed by atoms with E-state index >= 15 is 0 Å². The highest BCUT2D eigenvalue weighted by Crippen LogP contribution is 2.30. The van der Waals surface area contributed by atoms with E-state index in [1.54, 1.807) is 17.7 Å². The molecule has 3 aromatic rings. The first-order chi connectivity index (χ1) is 18.0. The highest BCUT2D eigenvalue weighted by molar-refractivity contribution is 5.74. The number of halogens is 3. The van der Waals surface area contributed by atoms with Crippen molar-refractivity contribution in [2.75, 3.05) is 32.4 Å². The first-order valence-electron chi connectivity index (χ1n) is 12.2. The summed E-state index contributed by atoms with van der Waals surface area (Å²) >= 11 is 0. The molecule has 1 aliphatic heterocycles. The molecule has 0 bridgehead atoms. The maximum Gasteiger partial charge on any atom is 0.405 e. The monoisotopic (exact) mass is 532 g/mol. The molecule has 1 aromatic carbocycles. The summed E-state index contributed by atoms with van der Waals surface area (Å²) in [4.78, 5) is 22.8. The van der Waals surface area contributed by atoms with Crippen LogP contribution in [0.3, 0.4) is 0 Å². The largest absolute Gasteiger partial charge is 0.433 e. The lowest BCUT2D eigenvalue weighted by atomic mass is 9.98. The lowest BCUT2D eigenvalue weighted by Crippen LogP contribution is -2.40. The number of hydrogen-bond acceptors (Lipinski definition) is 7. The van der Waals surface area contributed by atoms with E-state index < -0.39 is 18.8 Å². The Kier molecular flexibility index (Phi) is 8.05. The van der Waals surface area contributed by atoms with Gasteiger partial charge in [-0.15, -0.1) is 0 Å². The number of nitrogens with zero attached hydrogens (tertiary/aromatic N) is 5. The molecule has 38 heavy (non-hydrogen) atoms. The van der Waals surface area contributed by atoms with E-state index in [4.69, 9.17) is 10.5 Å². The minimum absolute atomic E-state index is 0.0741. The lowest BCUT2D eigenvalue weighted by molar-refractivity contribution is -0.122. The molecular formula is C25H31F3N8O2. The minimum atomic E-state index is -4.47. The molecule has 0 radical (unpaired) electrons. The van der Waals surface area contributed by atoms with Crippen molar-refractivity contribution in [1.82, 2.24) is 35.3 Å². The smallest absolute Gasteiger partial charge is 0.405 e. The van der Waals surface area contributed by atoms with Gasteiger partial charge in [-0.05, 0) is 75.6 Å². The van der Waals surface area contributed by atoms with Crippen molar-refractivity contribution < 1.29 is 22.7 Å². The number of likely N-dealkylation sites (tertiary alicyclic amines) is 1. The molecule has 4 rings (SSSR count). The first kappa shape index (κ1) is 27.2. The second-order valence-corrected chi connectivity index (χ2v) is 9.48. The van der Waals surface area contributed by atoms with Crippen molar-refractivity contribution in [3.63, 3.8) is 0 Å². The molecule has 0 saturated carbocycles. The summed E-state index contributed by atoms with van der Waals surface area (Å²) in [6, 6.07) is 3.14. The van der Waals surface area contributed by atoms with E-state index in [1.807, 2.05) is 36.9 Å². The van der Waals surface area contributed by atoms with Gasteiger partial charge in [-0.2, -0.15) is 18.3 Å². The normalized spacial score (nSPS) is 14.9. The third-order valence-corrected chi connectivity index (χ3v) is 6.49. The standard InChI is InChI=1S/C25H31F3N8O2/c1-15-8-17(9-16(2)20(15)11-31-24(37)32-14-25(26,27)28)21-12-30-22(29)23(34-21)38-19-10-33-36(13-19)18-4-6-35(3)7-5-18/h8-10,12-13,18H,4-7,11,14H2,1-3H3,(H2,29,30)(H2,31,32,37). The summed E-state index contributed by atoms with van der Waals surface area (Å²) in [6.07, 6.45) is 2.56. The van der Waals surface area contributed by atoms with Crippen LogP contribution in [0.25, 0.3) is 11.3 Å². The number of anilines is 1. The molecule has 0 unspecified atom stereocenters. The van der Waals surface area contributed by atoms with Gasteiger partial charge in [-0.3, -0.25) is 4.68 Å². The van der Waals surface area contributed by atoms with E-state index in [2.05, 4.69) is 32.3 Å². The third-order valence-electron chi connectivity index (χ3n) is 6.49. The number of benzene rings is 1. The number of nitrogens with one attached hydrogen (secondary N) is 2. The summed E-state index contributed by atoms with van der Waals surface area (Å²) in [5.74, 6) is 0.812. The fraction of sp³-hybridized carbons (Fsp3) is 0.440. The molecule has 1 aliphatic rings. The van der Waals surface area contributed by atoms with Crippen LogP contribution in [0.4, 0.5) is 23.8 Å². The number of piperidine rings is 1. The van der Waals surface area contributed by atoms with Gasteiger partial charge in [-0.25, -0.2) is 14.8 Å². The number of aromatic nitrogens is 4. The molecule has 3 heterocycles. The van der Waals surface area contributed by atoms with Crippen LogP contribution in [0, 0.1) is 13.8 Å². The molecule has 204 valence electrons. The molecular weight excluding hydrogens is 501 g/mol. The molecule has 2 amide bonds. The zero-order valence-electron chi connectivity index (χ0n) is 21.5. The van der Waals surface area contributed by atoms with Crippen LogP contribution >= 0.6 is 0 Å². The number of carbonyl (C=O) groups is 1. The number of nitrogen functional groups attached to an aromatic ring is 1. The van der Waals surface area contributed by atoms with Crippen molar-refractivity contribution >= 4 is 11.8 Å². The number of amides is 2. The maximum absolute atomic E-state index is 12.3. The minimum Gasteiger partial charge on any atom is -0.433 e. The number of alkyl halides is 3. The van der Waals surface area contributed by atoms with Gasteiger partial charge in [-0.1, -0.05) is 0 Å². The van der Waals surface area contributed by atoms with Gasteiger partial charge in [0, 0.05) is 12.1 Å². The molecule has 10 nitrogen and oxygen atoms in total. The van der Waals surface area contributed by atoms with E-state index in [1.165, 1.54) is 0 Å². The zero-order chi connectivity index (χ0) is 27.4. The highest BCUT2D eigenvalue weighted by atomic mass is 19.4. The fourth-order valence-corrected chi connectivity index (χ4v) is 4.37. The van der Waals surface area contributed by atoms with E-state index in [9.17, 15) is 18.0 Å². The number of ether oxygens (including phenoxy) is 1. The predicted octanol–water partition coefficient (Wildman–Crippen LogP) is 3.96. The van der Waals surface area contributed by atoms with E-state index in [0.29, 0.717) is 17.5 Å². The molecule has 1 saturated heterocycles. The predicted molar refractivity (Wildman–Crippen MR) is 136 cm³/mol. The van der Waals surface area contributed by atoms with E-state index in [0.717, 1.165) is 48.2 Å². The summed E-state index contributed by atoms with van der Waals surface area (Å²) in [5, 5.41) is 8.71. The van der Waals surface area contributed by atoms with Crippen LogP contribution in [0.2, 0.25) is 0 Å². The van der Waals surface area contributed by atoms with Crippen LogP contribution in [0.15, 0.2) is 30.7 Å². The van der Waals surface area contributed by atoms with Gasteiger partial charge >= 0.3 is 12.2 Å². The summed E-state index contributed by atoms with van der Waals surface area (Å²) < 4.78 is 44.8. The van der Waals surface area contributed by atoms with Gasteiger partial charge in [0.25, 0.3) is 5.88 Å². The van der Waals surface area contributed by atoms with Crippen molar-refractivity contribution in [2.45, 2.75) is 45.5 Å². The Labute approximate surface area is 218 Å². The Morgan fingerprint density at radius 2 is 1.84 bits per heavy atom. The van der Waals surface area contributed by atoms with Gasteiger partial charge in [0.15, 0.2) is 11.6 Å². The van der Waals surface area contributed by atoms with Crippen LogP contribution in [-0.2, 0) is 6.54 Å². The molecule has 0 spiro atoms. The number of aryl methyl sites for hydroxylation is 2. The lowest BCUT2D eigenvalue weighted by Gasteiger charge is -2.28. The Balaban J connectivity index is 1.45. The number of rotatable bonds is 7. The van der Waals surface area contributed by atoms with Crippen LogP contribution in [-0.4, -0.2) is 63.5 Å². The summed E-state index contributed by atoms with van der Waals surface area (Å²) in [5.41, 5.74) is 9.77. The second kappa shape index (κ2) is 11.3. The summed E-state index contributed by atoms with van der Waals surface area (Å²) in [6.45, 7) is 4.40. The summed E-state index contributed by atoms with van der Waals surface area (Å²) in [7, 11) is 2.11. The van der Waals surface area contributed by atoms with Crippen molar-refractivity contribution in [3.05, 3.63) is 47.4 Å². The first-order valence-corrected chi connectivity index (χ1v) is 12.2. The Bertz CT molecular complexity index is 1260. The highest BCUT2D eigenvalue weighted by Gasteiger charge is 2.27. The quantitative estimate of drug-likeness (QED) is 0.421.